The first-order chi connectivity index (χ1) is 7.25. The van der Waals surface area contributed by atoms with Gasteiger partial charge in [-0.3, -0.25) is 4.79 Å². The van der Waals surface area contributed by atoms with Crippen LogP contribution < -0.4 is 10.6 Å². The van der Waals surface area contributed by atoms with Crippen molar-refractivity contribution < 1.29 is 9.90 Å². The molecule has 4 heteroatoms. The SMILES string of the molecule is O=C(NCC1CC(O)C1)C1CCCCN1. The first-order valence-electron chi connectivity index (χ1n) is 5.95. The Kier molecular flexibility index (Phi) is 3.59. The van der Waals surface area contributed by atoms with Crippen LogP contribution in [0.1, 0.15) is 32.1 Å². The van der Waals surface area contributed by atoms with Crippen molar-refractivity contribution in [2.24, 2.45) is 5.92 Å². The standard InChI is InChI=1S/C11H20N2O2/c14-9-5-8(6-9)7-13-11(15)10-3-1-2-4-12-10/h8-10,12,14H,1-7H2,(H,13,15). The summed E-state index contributed by atoms with van der Waals surface area (Å²) in [7, 11) is 0. The number of amides is 1. The Bertz CT molecular complexity index is 221. The molecule has 0 aromatic carbocycles. The van der Waals surface area contributed by atoms with E-state index in [1.807, 2.05) is 0 Å². The third-order valence-electron chi connectivity index (χ3n) is 3.40. The molecule has 1 saturated heterocycles. The summed E-state index contributed by atoms with van der Waals surface area (Å²) in [4.78, 5) is 11.7. The van der Waals surface area contributed by atoms with Crippen LogP contribution in [0.4, 0.5) is 0 Å². The van der Waals surface area contributed by atoms with Gasteiger partial charge in [0.15, 0.2) is 0 Å². The predicted octanol–water partition coefficient (Wildman–Crippen LogP) is 0.0156. The van der Waals surface area contributed by atoms with Gasteiger partial charge in [0, 0.05) is 6.54 Å². The van der Waals surface area contributed by atoms with Gasteiger partial charge in [-0.05, 0) is 38.1 Å². The number of carbonyl (C=O) groups is 1. The Balaban J connectivity index is 1.63. The van der Waals surface area contributed by atoms with E-state index >= 15 is 0 Å². The Morgan fingerprint density at radius 1 is 1.40 bits per heavy atom. The summed E-state index contributed by atoms with van der Waals surface area (Å²) in [5.74, 6) is 0.628. The number of nitrogens with one attached hydrogen (secondary N) is 2. The van der Waals surface area contributed by atoms with Crippen LogP contribution in [0.25, 0.3) is 0 Å². The minimum atomic E-state index is -0.125. The van der Waals surface area contributed by atoms with Crippen molar-refractivity contribution in [2.45, 2.75) is 44.2 Å². The number of piperidine rings is 1. The fraction of sp³-hybridized carbons (Fsp3) is 0.909. The van der Waals surface area contributed by atoms with Gasteiger partial charge in [0.1, 0.15) is 0 Å². The van der Waals surface area contributed by atoms with Gasteiger partial charge in [0.05, 0.1) is 12.1 Å². The summed E-state index contributed by atoms with van der Waals surface area (Å²) in [6.07, 6.45) is 4.85. The van der Waals surface area contributed by atoms with E-state index in [0.29, 0.717) is 5.92 Å². The lowest BCUT2D eigenvalue weighted by Crippen LogP contribution is -2.48. The number of hydrogen-bond donors (Lipinski definition) is 3. The topological polar surface area (TPSA) is 61.4 Å². The zero-order chi connectivity index (χ0) is 10.7. The summed E-state index contributed by atoms with van der Waals surface area (Å²) in [6.45, 7) is 1.69. The monoisotopic (exact) mass is 212 g/mol. The lowest BCUT2D eigenvalue weighted by molar-refractivity contribution is -0.124. The molecule has 2 rings (SSSR count). The normalized spacial score (nSPS) is 35.7. The van der Waals surface area contributed by atoms with Crippen molar-refractivity contribution in [3.8, 4) is 0 Å². The quantitative estimate of drug-likeness (QED) is 0.618. The maximum atomic E-state index is 11.7. The minimum absolute atomic E-state index is 0.0174. The largest absolute Gasteiger partial charge is 0.393 e. The van der Waals surface area contributed by atoms with Crippen LogP contribution in [0.2, 0.25) is 0 Å². The maximum Gasteiger partial charge on any atom is 0.237 e. The molecule has 2 aliphatic rings. The summed E-state index contributed by atoms with van der Waals surface area (Å²) in [5.41, 5.74) is 0. The number of hydrogen-bond acceptors (Lipinski definition) is 3. The fourth-order valence-corrected chi connectivity index (χ4v) is 2.31. The minimum Gasteiger partial charge on any atom is -0.393 e. The highest BCUT2D eigenvalue weighted by Gasteiger charge is 2.28. The zero-order valence-corrected chi connectivity index (χ0v) is 9.04. The summed E-state index contributed by atoms with van der Waals surface area (Å²) >= 11 is 0. The molecule has 0 spiro atoms. The van der Waals surface area contributed by atoms with Gasteiger partial charge < -0.3 is 15.7 Å². The Hall–Kier alpha value is -0.610. The lowest BCUT2D eigenvalue weighted by Gasteiger charge is -2.32. The summed E-state index contributed by atoms with van der Waals surface area (Å²) in [6, 6.07) is 0.0174. The second-order valence-corrected chi connectivity index (χ2v) is 4.74. The smallest absolute Gasteiger partial charge is 0.237 e. The molecular formula is C11H20N2O2. The molecule has 0 bridgehead atoms. The molecule has 1 amide bonds. The van der Waals surface area contributed by atoms with Crippen molar-refractivity contribution in [3.05, 3.63) is 0 Å². The lowest BCUT2D eigenvalue weighted by atomic mass is 9.82. The van der Waals surface area contributed by atoms with Crippen molar-refractivity contribution in [2.75, 3.05) is 13.1 Å². The van der Waals surface area contributed by atoms with Crippen molar-refractivity contribution in [1.82, 2.24) is 10.6 Å². The highest BCUT2D eigenvalue weighted by molar-refractivity contribution is 5.81. The van der Waals surface area contributed by atoms with E-state index in [1.54, 1.807) is 0 Å². The molecule has 1 atom stereocenters. The third-order valence-corrected chi connectivity index (χ3v) is 3.40. The van der Waals surface area contributed by atoms with Gasteiger partial charge in [-0.25, -0.2) is 0 Å². The molecule has 1 unspecified atom stereocenters. The molecule has 0 radical (unpaired) electrons. The molecule has 15 heavy (non-hydrogen) atoms. The Morgan fingerprint density at radius 3 is 2.80 bits per heavy atom. The van der Waals surface area contributed by atoms with Gasteiger partial charge in [0.2, 0.25) is 5.91 Å². The van der Waals surface area contributed by atoms with Crippen LogP contribution >= 0.6 is 0 Å². The van der Waals surface area contributed by atoms with Gasteiger partial charge in [-0.1, -0.05) is 6.42 Å². The number of carbonyl (C=O) groups excluding carboxylic acids is 1. The Labute approximate surface area is 90.4 Å². The summed E-state index contributed by atoms with van der Waals surface area (Å²) < 4.78 is 0. The van der Waals surface area contributed by atoms with E-state index in [-0.39, 0.29) is 18.1 Å². The van der Waals surface area contributed by atoms with Crippen molar-refractivity contribution >= 4 is 5.91 Å². The van der Waals surface area contributed by atoms with E-state index in [4.69, 9.17) is 5.11 Å². The van der Waals surface area contributed by atoms with Crippen LogP contribution in [0.5, 0.6) is 0 Å². The van der Waals surface area contributed by atoms with Crippen LogP contribution in [-0.4, -0.2) is 36.2 Å². The molecule has 0 aromatic rings. The van der Waals surface area contributed by atoms with Crippen molar-refractivity contribution in [3.63, 3.8) is 0 Å². The third kappa shape index (κ3) is 2.92. The molecule has 2 fully saturated rings. The van der Waals surface area contributed by atoms with Gasteiger partial charge >= 0.3 is 0 Å². The van der Waals surface area contributed by atoms with E-state index < -0.39 is 0 Å². The number of aliphatic hydroxyl groups is 1. The highest BCUT2D eigenvalue weighted by Crippen LogP contribution is 2.26. The molecule has 4 nitrogen and oxygen atoms in total. The van der Waals surface area contributed by atoms with Crippen molar-refractivity contribution in [1.29, 1.82) is 0 Å². The van der Waals surface area contributed by atoms with E-state index in [0.717, 1.165) is 38.8 Å². The number of aliphatic hydroxyl groups excluding tert-OH is 1. The van der Waals surface area contributed by atoms with Gasteiger partial charge in [0.25, 0.3) is 0 Å². The van der Waals surface area contributed by atoms with Crippen LogP contribution in [0.15, 0.2) is 0 Å². The molecule has 86 valence electrons. The first kappa shape index (κ1) is 10.9. The first-order valence-corrected chi connectivity index (χ1v) is 5.95. The van der Waals surface area contributed by atoms with E-state index in [9.17, 15) is 4.79 Å². The zero-order valence-electron chi connectivity index (χ0n) is 9.04. The molecule has 1 aliphatic carbocycles. The predicted molar refractivity (Wildman–Crippen MR) is 57.4 cm³/mol. The summed E-state index contributed by atoms with van der Waals surface area (Å²) in [5, 5.41) is 15.3. The second-order valence-electron chi connectivity index (χ2n) is 4.74. The maximum absolute atomic E-state index is 11.7. The fourth-order valence-electron chi connectivity index (χ4n) is 2.31. The second kappa shape index (κ2) is 4.94. The Morgan fingerprint density at radius 2 is 2.20 bits per heavy atom. The van der Waals surface area contributed by atoms with Crippen LogP contribution in [0, 0.1) is 5.92 Å². The molecule has 1 aliphatic heterocycles. The highest BCUT2D eigenvalue weighted by atomic mass is 16.3. The van der Waals surface area contributed by atoms with E-state index in [1.165, 1.54) is 6.42 Å². The van der Waals surface area contributed by atoms with Gasteiger partial charge in [-0.2, -0.15) is 0 Å². The number of rotatable bonds is 3. The van der Waals surface area contributed by atoms with Gasteiger partial charge in [-0.15, -0.1) is 0 Å². The molecule has 0 aromatic heterocycles. The average Bonchev–Trinajstić information content (AvgIpc) is 2.23. The van der Waals surface area contributed by atoms with Crippen LogP contribution in [-0.2, 0) is 4.79 Å². The van der Waals surface area contributed by atoms with E-state index in [2.05, 4.69) is 10.6 Å². The molecule has 1 heterocycles. The molecule has 3 N–H and O–H groups in total. The van der Waals surface area contributed by atoms with Crippen LogP contribution in [0.3, 0.4) is 0 Å². The molecular weight excluding hydrogens is 192 g/mol. The average molecular weight is 212 g/mol. The molecule has 1 saturated carbocycles.